The molecule has 0 aliphatic rings. The average Bonchev–Trinajstić information content (AvgIpc) is 2.79. The summed E-state index contributed by atoms with van der Waals surface area (Å²) in [7, 11) is 3.00. The van der Waals surface area contributed by atoms with Gasteiger partial charge in [-0.05, 0) is 45.5 Å². The van der Waals surface area contributed by atoms with Gasteiger partial charge in [-0.2, -0.15) is 0 Å². The maximum Gasteiger partial charge on any atom is 0.244 e. The van der Waals surface area contributed by atoms with Gasteiger partial charge in [-0.3, -0.25) is 19.2 Å². The van der Waals surface area contributed by atoms with E-state index in [0.29, 0.717) is 37.2 Å². The number of nitrogens with one attached hydrogen (secondary N) is 2. The first-order valence-electron chi connectivity index (χ1n) is 10.4. The van der Waals surface area contributed by atoms with E-state index < -0.39 is 0 Å². The molecular weight excluding hydrogens is 408 g/mol. The quantitative estimate of drug-likeness (QED) is 0.230. The molecule has 0 saturated heterocycles. The van der Waals surface area contributed by atoms with E-state index in [-0.39, 0.29) is 33.3 Å². The number of hydrogen-bond donors (Lipinski definition) is 4. The first kappa shape index (κ1) is 43.5. The number of rotatable bonds is 14. The number of hydrogen-bond acceptors (Lipinski definition) is 6. The van der Waals surface area contributed by atoms with Crippen LogP contribution >= 0.6 is 0 Å². The fourth-order valence-corrected chi connectivity index (χ4v) is 1.84. The Hall–Kier alpha value is -2.32. The lowest BCUT2D eigenvalue weighted by molar-refractivity contribution is -0.121. The molecule has 0 radical (unpaired) electrons. The predicted octanol–water partition coefficient (Wildman–Crippen LogP) is 3.65. The molecule has 0 aliphatic carbocycles. The number of carbonyl (C=O) groups excluding carboxylic acids is 4. The maximum absolute atomic E-state index is 11.3. The maximum atomic E-state index is 11.3. The summed E-state index contributed by atoms with van der Waals surface area (Å²) in [6.45, 7) is 10.7. The number of ketones is 2. The summed E-state index contributed by atoms with van der Waals surface area (Å²) in [5.74, 6) is -0.0102. The van der Waals surface area contributed by atoms with Crippen molar-refractivity contribution in [2.75, 3.05) is 20.8 Å². The van der Waals surface area contributed by atoms with Gasteiger partial charge in [0.2, 0.25) is 11.8 Å². The molecular formula is C24H52N4O4. The largest absolute Gasteiger partial charge is 0.335 e. The molecule has 0 bridgehead atoms. The fraction of sp³-hybridized carbons (Fsp3) is 0.667. The smallest absolute Gasteiger partial charge is 0.244 e. The van der Waals surface area contributed by atoms with Crippen LogP contribution in [0, 0.1) is 0 Å². The number of carbonyl (C=O) groups is 4. The van der Waals surface area contributed by atoms with E-state index in [4.69, 9.17) is 0 Å². The lowest BCUT2D eigenvalue weighted by Gasteiger charge is -2.01. The van der Waals surface area contributed by atoms with Gasteiger partial charge >= 0.3 is 0 Å². The van der Waals surface area contributed by atoms with E-state index in [2.05, 4.69) is 49.1 Å². The van der Waals surface area contributed by atoms with Crippen LogP contribution < -0.4 is 22.1 Å². The minimum absolute atomic E-state index is 0. The van der Waals surface area contributed by atoms with E-state index in [0.717, 1.165) is 44.3 Å². The predicted molar refractivity (Wildman–Crippen MR) is 138 cm³/mol. The lowest BCUT2D eigenvalue weighted by atomic mass is 10.0. The third-order valence-electron chi connectivity index (χ3n) is 3.43. The molecule has 8 heteroatoms. The van der Waals surface area contributed by atoms with Crippen LogP contribution in [0.25, 0.3) is 0 Å². The molecule has 0 aromatic rings. The van der Waals surface area contributed by atoms with Crippen molar-refractivity contribution in [3.8, 4) is 0 Å². The zero-order valence-corrected chi connectivity index (χ0v) is 19.4. The van der Waals surface area contributed by atoms with Gasteiger partial charge in [0.25, 0.3) is 0 Å². The Kier molecular flexibility index (Phi) is 53.3. The minimum atomic E-state index is -0.325. The summed E-state index contributed by atoms with van der Waals surface area (Å²) in [6, 6.07) is 0. The van der Waals surface area contributed by atoms with Crippen molar-refractivity contribution in [2.24, 2.45) is 11.5 Å². The molecule has 8 nitrogen and oxygen atoms in total. The van der Waals surface area contributed by atoms with Crippen molar-refractivity contribution in [2.45, 2.75) is 86.5 Å². The molecule has 32 heavy (non-hydrogen) atoms. The summed E-state index contributed by atoms with van der Waals surface area (Å²) < 4.78 is 0. The highest BCUT2D eigenvalue weighted by Gasteiger charge is 2.04. The van der Waals surface area contributed by atoms with Crippen LogP contribution in [0.4, 0.5) is 0 Å². The molecule has 0 aromatic carbocycles. The highest BCUT2D eigenvalue weighted by atomic mass is 16.2. The Balaban J connectivity index is -0.0000000888. The van der Waals surface area contributed by atoms with Gasteiger partial charge in [-0.15, -0.1) is 0 Å². The van der Waals surface area contributed by atoms with Crippen LogP contribution in [0.5, 0.6) is 0 Å². The second kappa shape index (κ2) is 39.2. The summed E-state index contributed by atoms with van der Waals surface area (Å²) >= 11 is 0. The molecule has 0 rings (SSSR count). The van der Waals surface area contributed by atoms with Crippen LogP contribution in [0.2, 0.25) is 0 Å². The molecule has 0 heterocycles. The first-order chi connectivity index (χ1) is 14.4. The van der Waals surface area contributed by atoms with Crippen molar-refractivity contribution >= 4 is 23.4 Å². The van der Waals surface area contributed by atoms with Crippen molar-refractivity contribution in [3.05, 3.63) is 25.3 Å². The van der Waals surface area contributed by atoms with Crippen molar-refractivity contribution in [3.63, 3.8) is 0 Å². The van der Waals surface area contributed by atoms with E-state index in [1.165, 1.54) is 14.1 Å². The van der Waals surface area contributed by atoms with Crippen molar-refractivity contribution in [1.82, 2.24) is 10.6 Å². The zero-order chi connectivity index (χ0) is 24.2. The molecule has 0 atom stereocenters. The monoisotopic (exact) mass is 460 g/mol. The molecule has 0 aromatic heterocycles. The van der Waals surface area contributed by atoms with Crippen molar-refractivity contribution < 1.29 is 19.2 Å². The molecule has 0 fully saturated rings. The minimum Gasteiger partial charge on any atom is -0.335 e. The van der Waals surface area contributed by atoms with Gasteiger partial charge in [0, 0.05) is 25.7 Å². The van der Waals surface area contributed by atoms with Crippen LogP contribution in [0.3, 0.4) is 0 Å². The standard InChI is InChI=1S/C13H24O2.C7H10N2O2.2CH5N.2CH4/c1-3-5-8-12(14)10-7-11-13(15)9-6-4-2;1-3-6(10)8-5-9-7(11)4-2;2*1-2;;/h3-11H2,1-2H3;3-4H,1-2,5H2,(H,8,10)(H,9,11);2*2H2,1H3;2*1H4. The van der Waals surface area contributed by atoms with Crippen LogP contribution in [0.1, 0.15) is 86.5 Å². The number of Topliss-reactive ketones (excluding diaryl/α,β-unsaturated/α-hetero) is 2. The molecule has 2 amide bonds. The van der Waals surface area contributed by atoms with Crippen LogP contribution in [0.15, 0.2) is 25.3 Å². The average molecular weight is 461 g/mol. The molecule has 192 valence electrons. The number of unbranched alkanes of at least 4 members (excludes halogenated alkanes) is 2. The Labute approximate surface area is 197 Å². The third kappa shape index (κ3) is 41.9. The lowest BCUT2D eigenvalue weighted by Crippen LogP contribution is -2.35. The summed E-state index contributed by atoms with van der Waals surface area (Å²) in [5.41, 5.74) is 9.00. The van der Waals surface area contributed by atoms with Gasteiger partial charge in [0.15, 0.2) is 0 Å². The normalized spacial score (nSPS) is 7.94. The summed E-state index contributed by atoms with van der Waals surface area (Å²) in [4.78, 5) is 43.5. The molecule has 0 unspecified atom stereocenters. The summed E-state index contributed by atoms with van der Waals surface area (Å²) in [5, 5.41) is 4.72. The second-order valence-electron chi connectivity index (χ2n) is 5.81. The zero-order valence-electron chi connectivity index (χ0n) is 19.4. The SMILES string of the molecule is C.C.C=CC(=O)NCNC(=O)C=C.CCCCC(=O)CCCC(=O)CCCC.CN.CN. The van der Waals surface area contributed by atoms with E-state index in [9.17, 15) is 19.2 Å². The molecule has 0 saturated carbocycles. The van der Waals surface area contributed by atoms with Crippen molar-refractivity contribution in [1.29, 1.82) is 0 Å². The van der Waals surface area contributed by atoms with Gasteiger partial charge in [-0.25, -0.2) is 0 Å². The van der Waals surface area contributed by atoms with Gasteiger partial charge < -0.3 is 22.1 Å². The molecule has 6 N–H and O–H groups in total. The topological polar surface area (TPSA) is 144 Å². The molecule has 0 spiro atoms. The second-order valence-corrected chi connectivity index (χ2v) is 5.81. The highest BCUT2D eigenvalue weighted by Crippen LogP contribution is 2.06. The highest BCUT2D eigenvalue weighted by molar-refractivity contribution is 5.89. The first-order valence-corrected chi connectivity index (χ1v) is 10.4. The van der Waals surface area contributed by atoms with E-state index in [1.54, 1.807) is 0 Å². The van der Waals surface area contributed by atoms with Gasteiger partial charge in [0.05, 0.1) is 6.67 Å². The summed E-state index contributed by atoms with van der Waals surface area (Å²) in [6.07, 6.45) is 9.70. The Bertz CT molecular complexity index is 427. The Morgan fingerprint density at radius 1 is 0.656 bits per heavy atom. The number of nitrogens with two attached hydrogens (primary N) is 2. The van der Waals surface area contributed by atoms with Crippen LogP contribution in [-0.4, -0.2) is 44.1 Å². The Morgan fingerprint density at radius 2 is 0.938 bits per heavy atom. The Morgan fingerprint density at radius 3 is 1.19 bits per heavy atom. The third-order valence-corrected chi connectivity index (χ3v) is 3.43. The van der Waals surface area contributed by atoms with E-state index in [1.807, 2.05) is 0 Å². The molecule has 0 aliphatic heterocycles. The number of amides is 2. The van der Waals surface area contributed by atoms with E-state index >= 15 is 0 Å². The fourth-order valence-electron chi connectivity index (χ4n) is 1.84. The van der Waals surface area contributed by atoms with Crippen LogP contribution in [-0.2, 0) is 19.2 Å². The van der Waals surface area contributed by atoms with Gasteiger partial charge in [-0.1, -0.05) is 54.7 Å². The van der Waals surface area contributed by atoms with Gasteiger partial charge in [0.1, 0.15) is 11.6 Å².